The highest BCUT2D eigenvalue weighted by Gasteiger charge is 2.18. The first-order chi connectivity index (χ1) is 8.54. The normalized spacial score (nSPS) is 21.1. The number of hydrogen-bond donors (Lipinski definition) is 2. The number of thiocarbonyl (C=S) groups is 1. The lowest BCUT2D eigenvalue weighted by atomic mass is 9.85. The van der Waals surface area contributed by atoms with E-state index in [1.165, 1.54) is 11.1 Å². The number of hydrazone groups is 1. The van der Waals surface area contributed by atoms with Crippen molar-refractivity contribution in [1.29, 1.82) is 0 Å². The van der Waals surface area contributed by atoms with Crippen LogP contribution in [-0.4, -0.2) is 17.4 Å². The molecule has 0 unspecified atom stereocenters. The largest absolute Gasteiger partial charge is 0.358 e. The fourth-order valence-electron chi connectivity index (χ4n) is 1.75. The number of nitrogens with zero attached hydrogens (tertiary/aromatic N) is 1. The molecule has 0 bridgehead atoms. The van der Waals surface area contributed by atoms with Gasteiger partial charge in [-0.25, -0.2) is 0 Å². The zero-order valence-corrected chi connectivity index (χ0v) is 11.9. The first-order valence-corrected chi connectivity index (χ1v) is 6.49. The van der Waals surface area contributed by atoms with Crippen LogP contribution in [0.25, 0.3) is 0 Å². The van der Waals surface area contributed by atoms with Crippen LogP contribution in [0.3, 0.4) is 0 Å². The van der Waals surface area contributed by atoms with Crippen LogP contribution in [0, 0.1) is 5.92 Å². The molecule has 0 fully saturated rings. The van der Waals surface area contributed by atoms with Crippen LogP contribution in [-0.2, 0) is 0 Å². The molecular formula is C14H21N3S. The second-order valence-electron chi connectivity index (χ2n) is 4.54. The van der Waals surface area contributed by atoms with Crippen molar-refractivity contribution >= 4 is 23.0 Å². The van der Waals surface area contributed by atoms with Crippen LogP contribution in [0.5, 0.6) is 0 Å². The van der Waals surface area contributed by atoms with E-state index in [-0.39, 0.29) is 0 Å². The molecule has 0 radical (unpaired) electrons. The van der Waals surface area contributed by atoms with Crippen molar-refractivity contribution < 1.29 is 0 Å². The van der Waals surface area contributed by atoms with Crippen LogP contribution < -0.4 is 10.7 Å². The molecule has 0 aromatic carbocycles. The lowest BCUT2D eigenvalue weighted by molar-refractivity contribution is 0.636. The second kappa shape index (κ2) is 7.11. The molecule has 2 N–H and O–H groups in total. The third-order valence-corrected chi connectivity index (χ3v) is 3.24. The van der Waals surface area contributed by atoms with Gasteiger partial charge >= 0.3 is 0 Å². The SMILES string of the molecule is C=CCNC(=S)NN=C1C[C@H](C(=C)C)CC=C1C. The molecule has 4 heteroatoms. The third-order valence-electron chi connectivity index (χ3n) is 3.00. The van der Waals surface area contributed by atoms with Gasteiger partial charge < -0.3 is 5.32 Å². The minimum atomic E-state index is 0.490. The Kier molecular flexibility index (Phi) is 5.78. The van der Waals surface area contributed by atoms with E-state index in [1.54, 1.807) is 6.08 Å². The fourth-order valence-corrected chi connectivity index (χ4v) is 1.88. The Morgan fingerprint density at radius 1 is 1.67 bits per heavy atom. The van der Waals surface area contributed by atoms with E-state index in [0.717, 1.165) is 18.6 Å². The van der Waals surface area contributed by atoms with E-state index in [2.05, 4.69) is 48.9 Å². The van der Waals surface area contributed by atoms with E-state index < -0.39 is 0 Å². The maximum atomic E-state index is 5.09. The van der Waals surface area contributed by atoms with Crippen molar-refractivity contribution in [2.75, 3.05) is 6.54 Å². The predicted molar refractivity (Wildman–Crippen MR) is 82.7 cm³/mol. The highest BCUT2D eigenvalue weighted by Crippen LogP contribution is 2.26. The van der Waals surface area contributed by atoms with Crippen molar-refractivity contribution in [3.05, 3.63) is 36.5 Å². The molecule has 18 heavy (non-hydrogen) atoms. The van der Waals surface area contributed by atoms with Gasteiger partial charge in [0.05, 0.1) is 5.71 Å². The summed E-state index contributed by atoms with van der Waals surface area (Å²) in [6, 6.07) is 0. The molecule has 0 saturated carbocycles. The number of hydrogen-bond acceptors (Lipinski definition) is 2. The minimum absolute atomic E-state index is 0.490. The quantitative estimate of drug-likeness (QED) is 0.465. The molecular weight excluding hydrogens is 242 g/mol. The highest BCUT2D eigenvalue weighted by molar-refractivity contribution is 7.80. The van der Waals surface area contributed by atoms with Gasteiger partial charge in [0.25, 0.3) is 0 Å². The number of rotatable bonds is 4. The summed E-state index contributed by atoms with van der Waals surface area (Å²) in [5.74, 6) is 0.490. The molecule has 1 atom stereocenters. The summed E-state index contributed by atoms with van der Waals surface area (Å²) in [6.07, 6.45) is 5.95. The molecule has 0 aromatic heterocycles. The van der Waals surface area contributed by atoms with Gasteiger partial charge in [-0.1, -0.05) is 24.3 Å². The Morgan fingerprint density at radius 2 is 2.39 bits per heavy atom. The first kappa shape index (κ1) is 14.6. The highest BCUT2D eigenvalue weighted by atomic mass is 32.1. The lowest BCUT2D eigenvalue weighted by Gasteiger charge is -2.22. The third kappa shape index (κ3) is 4.45. The smallest absolute Gasteiger partial charge is 0.187 e. The van der Waals surface area contributed by atoms with E-state index in [1.807, 2.05) is 0 Å². The monoisotopic (exact) mass is 263 g/mol. The lowest BCUT2D eigenvalue weighted by Crippen LogP contribution is -2.33. The Balaban J connectivity index is 2.60. The van der Waals surface area contributed by atoms with Crippen molar-refractivity contribution in [2.24, 2.45) is 11.0 Å². The Morgan fingerprint density at radius 3 is 3.00 bits per heavy atom. The average molecular weight is 263 g/mol. The maximum Gasteiger partial charge on any atom is 0.187 e. The van der Waals surface area contributed by atoms with Crippen LogP contribution >= 0.6 is 12.2 Å². The predicted octanol–water partition coefficient (Wildman–Crippen LogP) is 2.92. The van der Waals surface area contributed by atoms with Gasteiger partial charge in [-0.2, -0.15) is 5.10 Å². The molecule has 0 spiro atoms. The van der Waals surface area contributed by atoms with Crippen molar-refractivity contribution in [2.45, 2.75) is 26.7 Å². The van der Waals surface area contributed by atoms with Gasteiger partial charge in [0.2, 0.25) is 0 Å². The van der Waals surface area contributed by atoms with Crippen LogP contribution in [0.1, 0.15) is 26.7 Å². The molecule has 1 rings (SSSR count). The molecule has 3 nitrogen and oxygen atoms in total. The van der Waals surface area contributed by atoms with Crippen molar-refractivity contribution in [3.63, 3.8) is 0 Å². The average Bonchev–Trinajstić information content (AvgIpc) is 2.35. The summed E-state index contributed by atoms with van der Waals surface area (Å²) < 4.78 is 0. The molecule has 1 aliphatic rings. The molecule has 0 aromatic rings. The fraction of sp³-hybridized carbons (Fsp3) is 0.429. The van der Waals surface area contributed by atoms with Gasteiger partial charge in [0.1, 0.15) is 0 Å². The van der Waals surface area contributed by atoms with E-state index >= 15 is 0 Å². The van der Waals surface area contributed by atoms with Crippen molar-refractivity contribution in [3.8, 4) is 0 Å². The Bertz CT molecular complexity index is 407. The molecule has 0 aliphatic heterocycles. The molecule has 0 heterocycles. The van der Waals surface area contributed by atoms with Gasteiger partial charge in [0, 0.05) is 6.54 Å². The van der Waals surface area contributed by atoms with Crippen molar-refractivity contribution in [1.82, 2.24) is 10.7 Å². The van der Waals surface area contributed by atoms with Gasteiger partial charge in [-0.15, -0.1) is 6.58 Å². The summed E-state index contributed by atoms with van der Waals surface area (Å²) in [5, 5.41) is 7.87. The van der Waals surface area contributed by atoms with Crippen LogP contribution in [0.2, 0.25) is 0 Å². The van der Waals surface area contributed by atoms with E-state index in [0.29, 0.717) is 17.6 Å². The molecule has 1 aliphatic carbocycles. The Hall–Kier alpha value is -1.42. The summed E-state index contributed by atoms with van der Waals surface area (Å²) in [6.45, 7) is 12.4. The standard InChI is InChI=1S/C14H21N3S/c1-5-8-15-14(18)17-16-13-9-12(10(2)3)7-6-11(13)4/h5-6,12H,1-2,7-9H2,3-4H3,(H2,15,17,18)/t12-/m1/s1. The van der Waals surface area contributed by atoms with E-state index in [9.17, 15) is 0 Å². The Labute approximate surface area is 115 Å². The van der Waals surface area contributed by atoms with Gasteiger partial charge in [-0.05, 0) is 50.4 Å². The zero-order chi connectivity index (χ0) is 13.5. The second-order valence-corrected chi connectivity index (χ2v) is 4.95. The van der Waals surface area contributed by atoms with Crippen LogP contribution in [0.15, 0.2) is 41.6 Å². The summed E-state index contributed by atoms with van der Waals surface area (Å²) in [5.41, 5.74) is 6.34. The summed E-state index contributed by atoms with van der Waals surface area (Å²) in [7, 11) is 0. The topological polar surface area (TPSA) is 36.4 Å². The van der Waals surface area contributed by atoms with Gasteiger partial charge in [0.15, 0.2) is 5.11 Å². The van der Waals surface area contributed by atoms with Gasteiger partial charge in [-0.3, -0.25) is 5.43 Å². The number of allylic oxidation sites excluding steroid dienone is 3. The molecule has 98 valence electrons. The zero-order valence-electron chi connectivity index (χ0n) is 11.1. The molecule has 0 saturated heterocycles. The minimum Gasteiger partial charge on any atom is -0.358 e. The summed E-state index contributed by atoms with van der Waals surface area (Å²) >= 11 is 5.09. The number of nitrogens with one attached hydrogen (secondary N) is 2. The molecule has 0 amide bonds. The van der Waals surface area contributed by atoms with Crippen LogP contribution in [0.4, 0.5) is 0 Å². The summed E-state index contributed by atoms with van der Waals surface area (Å²) in [4.78, 5) is 0. The maximum absolute atomic E-state index is 5.09. The van der Waals surface area contributed by atoms with E-state index in [4.69, 9.17) is 12.2 Å². The first-order valence-electron chi connectivity index (χ1n) is 6.08.